The number of ether oxygens (including phenoxy) is 1. The molecule has 0 spiro atoms. The van der Waals surface area contributed by atoms with Crippen molar-refractivity contribution in [3.63, 3.8) is 0 Å². The number of esters is 1. The third-order valence-corrected chi connectivity index (χ3v) is 1.85. The fraction of sp³-hybridized carbons (Fsp3) is 0.333. The molecule has 1 rings (SSSR count). The molecule has 82 valence electrons. The Balaban J connectivity index is 2.84. The predicted molar refractivity (Wildman–Crippen MR) is 51.6 cm³/mol. The van der Waals surface area contributed by atoms with E-state index in [1.54, 1.807) is 0 Å². The van der Waals surface area contributed by atoms with E-state index >= 15 is 0 Å². The quantitative estimate of drug-likeness (QED) is 0.568. The number of pyridine rings is 1. The van der Waals surface area contributed by atoms with E-state index in [9.17, 15) is 15.0 Å². The molecule has 0 amide bonds. The lowest BCUT2D eigenvalue weighted by Gasteiger charge is -2.15. The molecule has 0 radical (unpaired) electrons. The average Bonchev–Trinajstić information content (AvgIpc) is 2.26. The zero-order valence-corrected chi connectivity index (χ0v) is 8.12. The van der Waals surface area contributed by atoms with Gasteiger partial charge in [-0.3, -0.25) is 4.98 Å². The van der Waals surface area contributed by atoms with Gasteiger partial charge in [-0.2, -0.15) is 0 Å². The largest absolute Gasteiger partial charge is 0.467 e. The molecule has 2 atom stereocenters. The fourth-order valence-corrected chi connectivity index (χ4v) is 1.04. The first-order valence-electron chi connectivity index (χ1n) is 4.21. The maximum Gasteiger partial charge on any atom is 0.337 e. The summed E-state index contributed by atoms with van der Waals surface area (Å²) < 4.78 is 4.28. The molecule has 0 aliphatic rings. The average molecular weight is 212 g/mol. The molecule has 0 bridgehead atoms. The van der Waals surface area contributed by atoms with Crippen molar-refractivity contribution >= 4 is 11.7 Å². The third kappa shape index (κ3) is 2.64. The van der Waals surface area contributed by atoms with E-state index in [-0.39, 0.29) is 5.69 Å². The number of carbonyl (C=O) groups is 1. The molecule has 1 aromatic heterocycles. The maximum atomic E-state index is 10.9. The van der Waals surface area contributed by atoms with Gasteiger partial charge in [0.1, 0.15) is 6.10 Å². The molecular weight excluding hydrogens is 200 g/mol. The van der Waals surface area contributed by atoms with E-state index < -0.39 is 18.2 Å². The van der Waals surface area contributed by atoms with Gasteiger partial charge in [-0.15, -0.1) is 0 Å². The molecule has 0 fully saturated rings. The first-order chi connectivity index (χ1) is 7.06. The zero-order chi connectivity index (χ0) is 11.4. The minimum atomic E-state index is -1.66. The van der Waals surface area contributed by atoms with Crippen LogP contribution >= 0.6 is 0 Å². The maximum absolute atomic E-state index is 10.9. The molecule has 1 aromatic rings. The summed E-state index contributed by atoms with van der Waals surface area (Å²) in [5.74, 6) is -0.924. The summed E-state index contributed by atoms with van der Waals surface area (Å²) in [6.45, 7) is 0. The van der Waals surface area contributed by atoms with Crippen LogP contribution in [0, 0.1) is 0 Å². The highest BCUT2D eigenvalue weighted by Crippen LogP contribution is 2.17. The third-order valence-electron chi connectivity index (χ3n) is 1.85. The van der Waals surface area contributed by atoms with Crippen molar-refractivity contribution in [3.05, 3.63) is 24.0 Å². The molecule has 0 aromatic carbocycles. The Kier molecular flexibility index (Phi) is 3.59. The monoisotopic (exact) mass is 212 g/mol. The Morgan fingerprint density at radius 2 is 2.27 bits per heavy atom. The number of aliphatic hydroxyl groups is 2. The second-order valence-corrected chi connectivity index (χ2v) is 2.93. The van der Waals surface area contributed by atoms with Crippen LogP contribution in [-0.2, 0) is 9.53 Å². The van der Waals surface area contributed by atoms with Gasteiger partial charge < -0.3 is 20.7 Å². The van der Waals surface area contributed by atoms with E-state index in [1.807, 2.05) is 0 Å². The van der Waals surface area contributed by atoms with Crippen LogP contribution in [0.5, 0.6) is 0 Å². The van der Waals surface area contributed by atoms with Gasteiger partial charge in [-0.25, -0.2) is 4.79 Å². The van der Waals surface area contributed by atoms with Crippen LogP contribution in [0.1, 0.15) is 11.8 Å². The normalized spacial score (nSPS) is 14.3. The molecule has 0 saturated carbocycles. The van der Waals surface area contributed by atoms with E-state index in [4.69, 9.17) is 5.73 Å². The number of nitrogen functional groups attached to an aromatic ring is 1. The fourth-order valence-electron chi connectivity index (χ4n) is 1.04. The van der Waals surface area contributed by atoms with E-state index in [0.717, 1.165) is 7.11 Å². The molecule has 0 aliphatic heterocycles. The Bertz CT molecular complexity index is 356. The van der Waals surface area contributed by atoms with Crippen molar-refractivity contribution in [2.24, 2.45) is 0 Å². The lowest BCUT2D eigenvalue weighted by molar-refractivity contribution is -0.157. The standard InChI is InChI=1S/C9H12N2O4/c1-15-9(14)8(13)7(12)6-4-5(10)2-3-11-6/h2-4,7-8,12-13H,1H3,(H2,10,11). The molecule has 0 aliphatic carbocycles. The molecule has 6 nitrogen and oxygen atoms in total. The number of aliphatic hydroxyl groups excluding tert-OH is 2. The van der Waals surface area contributed by atoms with Gasteiger partial charge in [0.2, 0.25) is 0 Å². The molecule has 1 heterocycles. The second kappa shape index (κ2) is 4.72. The number of aromatic nitrogens is 1. The van der Waals surface area contributed by atoms with Crippen LogP contribution in [0.15, 0.2) is 18.3 Å². The van der Waals surface area contributed by atoms with Gasteiger partial charge in [0.25, 0.3) is 0 Å². The van der Waals surface area contributed by atoms with Crippen LogP contribution in [0.4, 0.5) is 5.69 Å². The Hall–Kier alpha value is -1.66. The predicted octanol–water partition coefficient (Wildman–Crippen LogP) is -0.769. The van der Waals surface area contributed by atoms with Gasteiger partial charge in [0.15, 0.2) is 6.10 Å². The molecular formula is C9H12N2O4. The number of anilines is 1. The number of hydrogen-bond acceptors (Lipinski definition) is 6. The SMILES string of the molecule is COC(=O)C(O)C(O)c1cc(N)ccn1. The van der Waals surface area contributed by atoms with Crippen molar-refractivity contribution in [1.82, 2.24) is 4.98 Å². The Morgan fingerprint density at radius 1 is 1.60 bits per heavy atom. The summed E-state index contributed by atoms with van der Waals surface area (Å²) >= 11 is 0. The number of nitrogens with two attached hydrogens (primary N) is 1. The minimum absolute atomic E-state index is 0.118. The summed E-state index contributed by atoms with van der Waals surface area (Å²) in [4.78, 5) is 14.7. The van der Waals surface area contributed by atoms with Crippen molar-refractivity contribution < 1.29 is 19.7 Å². The highest BCUT2D eigenvalue weighted by atomic mass is 16.5. The Labute approximate surface area is 86.3 Å². The minimum Gasteiger partial charge on any atom is -0.467 e. The van der Waals surface area contributed by atoms with Crippen molar-refractivity contribution in [2.45, 2.75) is 12.2 Å². The van der Waals surface area contributed by atoms with Gasteiger partial charge in [-0.05, 0) is 12.1 Å². The summed E-state index contributed by atoms with van der Waals surface area (Å²) in [7, 11) is 1.12. The number of methoxy groups -OCH3 is 1. The van der Waals surface area contributed by atoms with Crippen LogP contribution < -0.4 is 5.73 Å². The summed E-state index contributed by atoms with van der Waals surface area (Å²) in [5.41, 5.74) is 5.96. The van der Waals surface area contributed by atoms with Gasteiger partial charge in [0, 0.05) is 11.9 Å². The molecule has 15 heavy (non-hydrogen) atoms. The van der Waals surface area contributed by atoms with E-state index in [0.29, 0.717) is 5.69 Å². The first kappa shape index (κ1) is 11.4. The van der Waals surface area contributed by atoms with Gasteiger partial charge >= 0.3 is 5.97 Å². The summed E-state index contributed by atoms with van der Waals surface area (Å²) in [5, 5.41) is 18.9. The van der Waals surface area contributed by atoms with E-state index in [1.165, 1.54) is 18.3 Å². The summed E-state index contributed by atoms with van der Waals surface area (Å²) in [6, 6.07) is 2.90. The highest BCUT2D eigenvalue weighted by Gasteiger charge is 2.27. The molecule has 0 saturated heterocycles. The lowest BCUT2D eigenvalue weighted by atomic mass is 10.1. The van der Waals surface area contributed by atoms with Crippen molar-refractivity contribution in [1.29, 1.82) is 0 Å². The van der Waals surface area contributed by atoms with Crippen LogP contribution in [-0.4, -0.2) is 34.4 Å². The Morgan fingerprint density at radius 3 is 2.80 bits per heavy atom. The van der Waals surface area contributed by atoms with Gasteiger partial charge in [-0.1, -0.05) is 0 Å². The number of rotatable bonds is 3. The smallest absolute Gasteiger partial charge is 0.337 e. The highest BCUT2D eigenvalue weighted by molar-refractivity contribution is 5.75. The van der Waals surface area contributed by atoms with Crippen molar-refractivity contribution in [2.75, 3.05) is 12.8 Å². The molecule has 2 unspecified atom stereocenters. The van der Waals surface area contributed by atoms with E-state index in [2.05, 4.69) is 9.72 Å². The topological polar surface area (TPSA) is 106 Å². The molecule has 6 heteroatoms. The lowest BCUT2D eigenvalue weighted by Crippen LogP contribution is -2.29. The summed E-state index contributed by atoms with van der Waals surface area (Å²) in [6.07, 6.45) is -1.73. The van der Waals surface area contributed by atoms with Crippen molar-refractivity contribution in [3.8, 4) is 0 Å². The second-order valence-electron chi connectivity index (χ2n) is 2.93. The van der Waals surface area contributed by atoms with Crippen LogP contribution in [0.2, 0.25) is 0 Å². The number of hydrogen-bond donors (Lipinski definition) is 3. The molecule has 4 N–H and O–H groups in total. The number of carbonyl (C=O) groups excluding carboxylic acids is 1. The van der Waals surface area contributed by atoms with Gasteiger partial charge in [0.05, 0.1) is 12.8 Å². The zero-order valence-electron chi connectivity index (χ0n) is 8.12. The van der Waals surface area contributed by atoms with Crippen LogP contribution in [0.25, 0.3) is 0 Å². The first-order valence-corrected chi connectivity index (χ1v) is 4.21. The number of nitrogens with zero attached hydrogens (tertiary/aromatic N) is 1. The van der Waals surface area contributed by atoms with Crippen LogP contribution in [0.3, 0.4) is 0 Å².